The molecule has 3 heterocycles. The number of nitrogens with zero attached hydrogens (tertiary/aromatic N) is 2. The Bertz CT molecular complexity index is 788. The number of piperazine rings is 1. The molecular formula is C20H27N5O4. The molecule has 0 spiro atoms. The molecule has 3 N–H and O–H groups in total. The van der Waals surface area contributed by atoms with Crippen LogP contribution in [0.25, 0.3) is 0 Å². The van der Waals surface area contributed by atoms with E-state index in [1.165, 1.54) is 4.90 Å². The van der Waals surface area contributed by atoms with Crippen molar-refractivity contribution in [1.29, 1.82) is 0 Å². The molecule has 3 rings (SSSR count). The number of likely N-dealkylation sites (tertiary alicyclic amines) is 1. The van der Waals surface area contributed by atoms with Gasteiger partial charge >= 0.3 is 0 Å². The number of allylic oxidation sites excluding steroid dienone is 2. The van der Waals surface area contributed by atoms with E-state index in [1.54, 1.807) is 18.4 Å². The number of hydrogen-bond acceptors (Lipinski definition) is 6. The van der Waals surface area contributed by atoms with Crippen molar-refractivity contribution in [3.05, 3.63) is 36.1 Å². The summed E-state index contributed by atoms with van der Waals surface area (Å²) in [6, 6.07) is -0.473. The Morgan fingerprint density at radius 1 is 1.34 bits per heavy atom. The quantitative estimate of drug-likeness (QED) is 0.404. The molecule has 3 fully saturated rings. The fourth-order valence-corrected chi connectivity index (χ4v) is 3.74. The number of amides is 4. The van der Waals surface area contributed by atoms with Crippen molar-refractivity contribution in [1.82, 2.24) is 25.8 Å². The van der Waals surface area contributed by atoms with Gasteiger partial charge in [-0.1, -0.05) is 12.7 Å². The molecule has 0 saturated carbocycles. The number of piperidine rings is 1. The van der Waals surface area contributed by atoms with Crippen molar-refractivity contribution in [3.63, 3.8) is 0 Å². The summed E-state index contributed by atoms with van der Waals surface area (Å²) in [5.41, 5.74) is 1.05. The summed E-state index contributed by atoms with van der Waals surface area (Å²) in [5, 5.41) is 8.49. The third kappa shape index (κ3) is 4.73. The third-order valence-electron chi connectivity index (χ3n) is 5.42. The largest absolute Gasteiger partial charge is 0.382 e. The third-order valence-corrected chi connectivity index (χ3v) is 5.42. The summed E-state index contributed by atoms with van der Waals surface area (Å²) in [6.07, 6.45) is 5.66. The molecule has 0 aromatic carbocycles. The zero-order chi connectivity index (χ0) is 21.0. The van der Waals surface area contributed by atoms with Crippen LogP contribution in [0, 0.1) is 0 Å². The second-order valence-corrected chi connectivity index (χ2v) is 7.45. The van der Waals surface area contributed by atoms with E-state index in [1.807, 2.05) is 11.8 Å². The number of hydrogen-bond donors (Lipinski definition) is 3. The van der Waals surface area contributed by atoms with Crippen LogP contribution in [0.15, 0.2) is 36.1 Å². The van der Waals surface area contributed by atoms with Gasteiger partial charge in [-0.2, -0.15) is 0 Å². The maximum Gasteiger partial charge on any atom is 0.254 e. The smallest absolute Gasteiger partial charge is 0.254 e. The Hall–Kier alpha value is -2.94. The highest BCUT2D eigenvalue weighted by atomic mass is 16.2. The van der Waals surface area contributed by atoms with Gasteiger partial charge < -0.3 is 20.4 Å². The van der Waals surface area contributed by atoms with Gasteiger partial charge in [0, 0.05) is 44.2 Å². The summed E-state index contributed by atoms with van der Waals surface area (Å²) in [6.45, 7) is 8.61. The number of rotatable bonds is 5. The lowest BCUT2D eigenvalue weighted by atomic mass is 10.0. The van der Waals surface area contributed by atoms with Gasteiger partial charge in [0.1, 0.15) is 6.04 Å². The molecule has 3 saturated heterocycles. The predicted molar refractivity (Wildman–Crippen MR) is 106 cm³/mol. The molecule has 2 unspecified atom stereocenters. The predicted octanol–water partition coefficient (Wildman–Crippen LogP) is -0.960. The number of imide groups is 1. The van der Waals surface area contributed by atoms with Crippen molar-refractivity contribution in [3.8, 4) is 0 Å². The van der Waals surface area contributed by atoms with Crippen LogP contribution in [0.3, 0.4) is 0 Å². The molecule has 0 radical (unpaired) electrons. The standard InChI is InChI=1S/C20H27N5O4/c1-13-10-22-8-9-24(13)18(27)11-21-7-3-4-15-12-25(20(29)14(15)2)16-5-6-17(26)23-19(16)28/h3-4,7,13,16,21-22H,2,5-6,8-12H2,1H3,(H,23,26,28)/b7-3+,15-4-. The zero-order valence-electron chi connectivity index (χ0n) is 16.6. The molecule has 0 bridgehead atoms. The molecule has 0 aliphatic carbocycles. The average molecular weight is 401 g/mol. The Morgan fingerprint density at radius 2 is 2.14 bits per heavy atom. The van der Waals surface area contributed by atoms with E-state index >= 15 is 0 Å². The highest BCUT2D eigenvalue weighted by molar-refractivity contribution is 6.06. The minimum absolute atomic E-state index is 0.0424. The number of nitrogens with one attached hydrogen (secondary N) is 3. The number of carbonyl (C=O) groups excluding carboxylic acids is 4. The average Bonchev–Trinajstić information content (AvgIpc) is 2.96. The van der Waals surface area contributed by atoms with E-state index in [9.17, 15) is 19.2 Å². The monoisotopic (exact) mass is 401 g/mol. The summed E-state index contributed by atoms with van der Waals surface area (Å²) < 4.78 is 0. The Balaban J connectivity index is 1.52. The van der Waals surface area contributed by atoms with Crippen molar-refractivity contribution in [2.75, 3.05) is 32.7 Å². The summed E-state index contributed by atoms with van der Waals surface area (Å²) >= 11 is 0. The van der Waals surface area contributed by atoms with Gasteiger partial charge in [-0.15, -0.1) is 0 Å². The van der Waals surface area contributed by atoms with Gasteiger partial charge in [0.2, 0.25) is 17.7 Å². The van der Waals surface area contributed by atoms with Gasteiger partial charge in [0.15, 0.2) is 0 Å². The molecule has 156 valence electrons. The zero-order valence-corrected chi connectivity index (χ0v) is 16.6. The SMILES string of the molecule is C=C1C(=O)N(C2CCC(=O)NC2=O)C/C1=C/C=C/NCC(=O)N1CCNCC1C. The fourth-order valence-electron chi connectivity index (χ4n) is 3.74. The highest BCUT2D eigenvalue weighted by Gasteiger charge is 2.39. The first kappa shape index (κ1) is 20.8. The maximum atomic E-state index is 12.5. The second kappa shape index (κ2) is 9.04. The van der Waals surface area contributed by atoms with Gasteiger partial charge in [0.05, 0.1) is 6.54 Å². The van der Waals surface area contributed by atoms with Crippen LogP contribution in [-0.2, 0) is 19.2 Å². The summed E-state index contributed by atoms with van der Waals surface area (Å²) in [7, 11) is 0. The van der Waals surface area contributed by atoms with E-state index in [2.05, 4.69) is 22.5 Å². The van der Waals surface area contributed by atoms with Crippen molar-refractivity contribution in [2.45, 2.75) is 31.8 Å². The lowest BCUT2D eigenvalue weighted by molar-refractivity contribution is -0.142. The van der Waals surface area contributed by atoms with Crippen molar-refractivity contribution < 1.29 is 19.2 Å². The lowest BCUT2D eigenvalue weighted by Gasteiger charge is -2.34. The summed E-state index contributed by atoms with van der Waals surface area (Å²) in [4.78, 5) is 51.3. The first-order chi connectivity index (χ1) is 13.9. The maximum absolute atomic E-state index is 12.5. The summed E-state index contributed by atoms with van der Waals surface area (Å²) in [5.74, 6) is -1.01. The second-order valence-electron chi connectivity index (χ2n) is 7.45. The highest BCUT2D eigenvalue weighted by Crippen LogP contribution is 2.26. The van der Waals surface area contributed by atoms with Crippen LogP contribution in [0.2, 0.25) is 0 Å². The van der Waals surface area contributed by atoms with Crippen molar-refractivity contribution in [2.24, 2.45) is 0 Å². The van der Waals surface area contributed by atoms with Crippen LogP contribution < -0.4 is 16.0 Å². The fraction of sp³-hybridized carbons (Fsp3) is 0.500. The Labute approximate surface area is 169 Å². The first-order valence-corrected chi connectivity index (χ1v) is 9.81. The molecule has 0 aromatic heterocycles. The van der Waals surface area contributed by atoms with Crippen LogP contribution in [0.4, 0.5) is 0 Å². The molecule has 4 amide bonds. The van der Waals surface area contributed by atoms with Gasteiger partial charge in [0.25, 0.3) is 5.91 Å². The minimum atomic E-state index is -0.649. The van der Waals surface area contributed by atoms with E-state index in [-0.39, 0.29) is 43.3 Å². The van der Waals surface area contributed by atoms with E-state index in [0.717, 1.165) is 13.1 Å². The van der Waals surface area contributed by atoms with Gasteiger partial charge in [-0.25, -0.2) is 0 Å². The van der Waals surface area contributed by atoms with Gasteiger partial charge in [-0.3, -0.25) is 24.5 Å². The minimum Gasteiger partial charge on any atom is -0.382 e. The van der Waals surface area contributed by atoms with Crippen LogP contribution in [0.5, 0.6) is 0 Å². The van der Waals surface area contributed by atoms with Crippen LogP contribution >= 0.6 is 0 Å². The molecular weight excluding hydrogens is 374 g/mol. The van der Waals surface area contributed by atoms with E-state index in [0.29, 0.717) is 24.1 Å². The molecule has 0 aromatic rings. The molecule has 9 nitrogen and oxygen atoms in total. The Morgan fingerprint density at radius 3 is 2.86 bits per heavy atom. The van der Waals surface area contributed by atoms with E-state index < -0.39 is 11.9 Å². The molecule has 3 aliphatic heterocycles. The van der Waals surface area contributed by atoms with Crippen molar-refractivity contribution >= 4 is 23.6 Å². The first-order valence-electron chi connectivity index (χ1n) is 9.81. The normalized spacial score (nSPS) is 27.1. The number of carbonyl (C=O) groups is 4. The lowest BCUT2D eigenvalue weighted by Crippen LogP contribution is -2.53. The van der Waals surface area contributed by atoms with Gasteiger partial charge in [-0.05, 0) is 31.2 Å². The molecule has 2 atom stereocenters. The Kier molecular flexibility index (Phi) is 6.48. The molecule has 29 heavy (non-hydrogen) atoms. The van der Waals surface area contributed by atoms with E-state index in [4.69, 9.17) is 0 Å². The topological polar surface area (TPSA) is 111 Å². The van der Waals surface area contributed by atoms with Crippen LogP contribution in [0.1, 0.15) is 19.8 Å². The molecule has 9 heteroatoms. The molecule has 3 aliphatic rings. The van der Waals surface area contributed by atoms with Crippen LogP contribution in [-0.4, -0.2) is 78.2 Å².